The largest absolute Gasteiger partial charge is 0.497 e. The Morgan fingerprint density at radius 1 is 0.960 bits per heavy atom. The molecule has 4 rings (SSSR count). The van der Waals surface area contributed by atoms with E-state index in [1.54, 1.807) is 24.3 Å². The van der Waals surface area contributed by atoms with Crippen LogP contribution in [0.2, 0.25) is 0 Å². The maximum atomic E-state index is 8.46. The van der Waals surface area contributed by atoms with Gasteiger partial charge in [0.15, 0.2) is 16.7 Å². The Hall–Kier alpha value is -3.41. The summed E-state index contributed by atoms with van der Waals surface area (Å²) in [6, 6.07) is 17.7. The van der Waals surface area contributed by atoms with Crippen molar-refractivity contribution in [3.05, 3.63) is 78.3 Å². The second-order valence-corrected chi connectivity index (χ2v) is 5.69. The van der Waals surface area contributed by atoms with Crippen molar-refractivity contribution >= 4 is 11.2 Å². The molecule has 1 N–H and O–H groups in total. The average molecular weight is 331 g/mol. The fourth-order valence-electron chi connectivity index (χ4n) is 2.78. The van der Waals surface area contributed by atoms with E-state index in [9.17, 15) is 0 Å². The van der Waals surface area contributed by atoms with E-state index in [4.69, 9.17) is 10.1 Å². The molecule has 0 fully saturated rings. The number of rotatable bonds is 4. The highest BCUT2D eigenvalue weighted by Gasteiger charge is 2.10. The molecule has 2 aromatic heterocycles. The molecule has 0 bridgehead atoms. The van der Waals surface area contributed by atoms with Crippen molar-refractivity contribution < 1.29 is 4.74 Å². The lowest BCUT2D eigenvalue weighted by Gasteiger charge is -2.08. The third kappa shape index (κ3) is 2.78. The van der Waals surface area contributed by atoms with Gasteiger partial charge in [0.25, 0.3) is 0 Å². The standard InChI is InChI=1S/C19H17N5O/c1-25-16-9-7-15(8-10-16)24-13-21-17-18(20)23(12-22-19(17)24)11-14-5-3-2-4-6-14/h2-10,12-13,20H,11H2,1H3. The molecule has 0 saturated heterocycles. The van der Waals surface area contributed by atoms with E-state index in [1.165, 1.54) is 0 Å². The highest BCUT2D eigenvalue weighted by atomic mass is 16.5. The molecule has 4 aromatic rings. The molecular weight excluding hydrogens is 314 g/mol. The highest BCUT2D eigenvalue weighted by molar-refractivity contribution is 5.71. The van der Waals surface area contributed by atoms with Gasteiger partial charge in [-0.3, -0.25) is 9.98 Å². The number of hydrogen-bond donors (Lipinski definition) is 1. The Balaban J connectivity index is 1.75. The molecule has 2 heterocycles. The molecule has 0 aliphatic carbocycles. The van der Waals surface area contributed by atoms with Crippen molar-refractivity contribution in [3.63, 3.8) is 0 Å². The van der Waals surface area contributed by atoms with Crippen LogP contribution in [0.15, 0.2) is 67.3 Å². The minimum atomic E-state index is 0.348. The predicted molar refractivity (Wildman–Crippen MR) is 94.8 cm³/mol. The lowest BCUT2D eigenvalue weighted by molar-refractivity contribution is 0.415. The number of fused-ring (bicyclic) bond motifs is 1. The molecule has 0 atom stereocenters. The van der Waals surface area contributed by atoms with Crippen LogP contribution in [0.1, 0.15) is 5.56 Å². The number of hydrogen-bond acceptors (Lipinski definition) is 4. The summed E-state index contributed by atoms with van der Waals surface area (Å²) in [5.41, 5.74) is 3.64. The van der Waals surface area contributed by atoms with Gasteiger partial charge in [-0.15, -0.1) is 0 Å². The topological polar surface area (TPSA) is 68.7 Å². The van der Waals surface area contributed by atoms with Crippen LogP contribution in [0, 0.1) is 5.41 Å². The van der Waals surface area contributed by atoms with Gasteiger partial charge in [0.2, 0.25) is 0 Å². The normalized spacial score (nSPS) is 10.9. The summed E-state index contributed by atoms with van der Waals surface area (Å²) in [4.78, 5) is 8.93. The Morgan fingerprint density at radius 3 is 2.44 bits per heavy atom. The van der Waals surface area contributed by atoms with E-state index in [0.717, 1.165) is 17.0 Å². The summed E-state index contributed by atoms with van der Waals surface area (Å²) in [6.07, 6.45) is 3.39. The minimum Gasteiger partial charge on any atom is -0.497 e. The van der Waals surface area contributed by atoms with Gasteiger partial charge in [0, 0.05) is 5.69 Å². The van der Waals surface area contributed by atoms with Crippen molar-refractivity contribution in [2.75, 3.05) is 7.11 Å². The highest BCUT2D eigenvalue weighted by Crippen LogP contribution is 2.17. The first-order valence-corrected chi connectivity index (χ1v) is 7.92. The van der Waals surface area contributed by atoms with Crippen LogP contribution in [-0.2, 0) is 6.54 Å². The molecule has 25 heavy (non-hydrogen) atoms. The van der Waals surface area contributed by atoms with E-state index in [1.807, 2.05) is 59.2 Å². The Kier molecular flexibility index (Phi) is 3.78. The quantitative estimate of drug-likeness (QED) is 0.625. The van der Waals surface area contributed by atoms with Gasteiger partial charge in [-0.25, -0.2) is 9.97 Å². The molecule has 0 radical (unpaired) electrons. The molecule has 2 aromatic carbocycles. The molecular formula is C19H17N5O. The van der Waals surface area contributed by atoms with Crippen LogP contribution in [-0.4, -0.2) is 26.2 Å². The molecule has 6 heteroatoms. The smallest absolute Gasteiger partial charge is 0.169 e. The number of nitrogens with one attached hydrogen (secondary N) is 1. The summed E-state index contributed by atoms with van der Waals surface area (Å²) in [5, 5.41) is 8.46. The maximum absolute atomic E-state index is 8.46. The Bertz CT molecular complexity index is 1060. The van der Waals surface area contributed by atoms with Crippen LogP contribution in [0.4, 0.5) is 0 Å². The number of ether oxygens (including phenoxy) is 1. The Labute approximate surface area is 144 Å². The van der Waals surface area contributed by atoms with Gasteiger partial charge >= 0.3 is 0 Å². The number of imidazole rings is 1. The lowest BCUT2D eigenvalue weighted by Crippen LogP contribution is -2.21. The van der Waals surface area contributed by atoms with Gasteiger partial charge in [-0.05, 0) is 29.8 Å². The van der Waals surface area contributed by atoms with E-state index in [-0.39, 0.29) is 0 Å². The van der Waals surface area contributed by atoms with Crippen molar-refractivity contribution in [3.8, 4) is 11.4 Å². The van der Waals surface area contributed by atoms with Crippen molar-refractivity contribution in [1.82, 2.24) is 19.1 Å². The van der Waals surface area contributed by atoms with Crippen molar-refractivity contribution in [1.29, 1.82) is 5.41 Å². The number of nitrogens with zero attached hydrogens (tertiary/aromatic N) is 4. The van der Waals surface area contributed by atoms with Crippen LogP contribution in [0.3, 0.4) is 0 Å². The summed E-state index contributed by atoms with van der Waals surface area (Å²) in [5.74, 6) is 0.794. The van der Waals surface area contributed by atoms with Crippen LogP contribution in [0.25, 0.3) is 16.9 Å². The minimum absolute atomic E-state index is 0.348. The van der Waals surface area contributed by atoms with Gasteiger partial charge in [-0.1, -0.05) is 30.3 Å². The number of methoxy groups -OCH3 is 1. The first kappa shape index (κ1) is 15.1. The van der Waals surface area contributed by atoms with E-state index in [0.29, 0.717) is 23.2 Å². The fourth-order valence-corrected chi connectivity index (χ4v) is 2.78. The zero-order valence-corrected chi connectivity index (χ0v) is 13.8. The molecule has 0 aliphatic rings. The van der Waals surface area contributed by atoms with Crippen molar-refractivity contribution in [2.24, 2.45) is 0 Å². The van der Waals surface area contributed by atoms with Gasteiger partial charge in [-0.2, -0.15) is 0 Å². The number of benzene rings is 2. The molecule has 0 aliphatic heterocycles. The van der Waals surface area contributed by atoms with Gasteiger partial charge in [0.1, 0.15) is 12.1 Å². The summed E-state index contributed by atoms with van der Waals surface area (Å²) in [7, 11) is 1.64. The molecule has 6 nitrogen and oxygen atoms in total. The first-order chi connectivity index (χ1) is 12.3. The zero-order valence-electron chi connectivity index (χ0n) is 13.8. The van der Waals surface area contributed by atoms with Gasteiger partial charge < -0.3 is 9.30 Å². The maximum Gasteiger partial charge on any atom is 0.169 e. The average Bonchev–Trinajstić information content (AvgIpc) is 3.10. The van der Waals surface area contributed by atoms with Crippen LogP contribution in [0.5, 0.6) is 5.75 Å². The van der Waals surface area contributed by atoms with Crippen LogP contribution >= 0.6 is 0 Å². The zero-order chi connectivity index (χ0) is 17.2. The summed E-state index contributed by atoms with van der Waals surface area (Å²) < 4.78 is 8.86. The van der Waals surface area contributed by atoms with Crippen molar-refractivity contribution in [2.45, 2.75) is 6.54 Å². The third-order valence-electron chi connectivity index (χ3n) is 4.12. The van der Waals surface area contributed by atoms with Crippen LogP contribution < -0.4 is 10.2 Å². The lowest BCUT2D eigenvalue weighted by atomic mass is 10.2. The third-order valence-corrected chi connectivity index (χ3v) is 4.12. The summed E-state index contributed by atoms with van der Waals surface area (Å²) in [6.45, 7) is 0.595. The number of aromatic nitrogens is 4. The molecule has 0 spiro atoms. The predicted octanol–water partition coefficient (Wildman–Crippen LogP) is 2.76. The molecule has 124 valence electrons. The van der Waals surface area contributed by atoms with E-state index in [2.05, 4.69) is 9.97 Å². The second-order valence-electron chi connectivity index (χ2n) is 5.69. The van der Waals surface area contributed by atoms with E-state index >= 15 is 0 Å². The second kappa shape index (κ2) is 6.24. The van der Waals surface area contributed by atoms with Gasteiger partial charge in [0.05, 0.1) is 20.0 Å². The fraction of sp³-hybridized carbons (Fsp3) is 0.105. The van der Waals surface area contributed by atoms with E-state index < -0.39 is 0 Å². The molecule has 0 saturated carbocycles. The molecule has 0 unspecified atom stereocenters. The molecule has 0 amide bonds. The Morgan fingerprint density at radius 2 is 1.72 bits per heavy atom. The SMILES string of the molecule is COc1ccc(-n2cnc3c(=N)n(Cc4ccccc4)cnc32)cc1. The first-order valence-electron chi connectivity index (χ1n) is 7.92. The monoisotopic (exact) mass is 331 g/mol. The summed E-state index contributed by atoms with van der Waals surface area (Å²) >= 11 is 0.